The van der Waals surface area contributed by atoms with Crippen molar-refractivity contribution >= 4 is 27.5 Å². The number of halogens is 1. The second-order valence-electron chi connectivity index (χ2n) is 2.85. The zero-order valence-corrected chi connectivity index (χ0v) is 9.35. The summed E-state index contributed by atoms with van der Waals surface area (Å²) in [5.74, 6) is -0.960. The van der Waals surface area contributed by atoms with E-state index in [1.807, 2.05) is 0 Å². The largest absolute Gasteiger partial charge is 0.479 e. The first-order valence-corrected chi connectivity index (χ1v) is 4.87. The van der Waals surface area contributed by atoms with Crippen molar-refractivity contribution in [2.24, 2.45) is 0 Å². The Labute approximate surface area is 93.4 Å². The number of imidazole rings is 1. The molecule has 6 heteroatoms. The zero-order chi connectivity index (χ0) is 11.0. The summed E-state index contributed by atoms with van der Waals surface area (Å²) in [6.07, 6.45) is 1.63. The molecule has 2 aromatic rings. The molecule has 0 aromatic carbocycles. The number of carbonyl (C=O) groups is 1. The molecule has 0 bridgehead atoms. The van der Waals surface area contributed by atoms with E-state index in [0.717, 1.165) is 4.47 Å². The van der Waals surface area contributed by atoms with E-state index in [2.05, 4.69) is 20.9 Å². The van der Waals surface area contributed by atoms with Crippen LogP contribution in [-0.4, -0.2) is 27.6 Å². The Balaban J connectivity index is 2.82. The predicted octanol–water partition coefficient (Wildman–Crippen LogP) is 1.80. The van der Waals surface area contributed by atoms with Crippen LogP contribution in [0.15, 0.2) is 22.8 Å². The van der Waals surface area contributed by atoms with Gasteiger partial charge in [0.25, 0.3) is 0 Å². The van der Waals surface area contributed by atoms with Crippen molar-refractivity contribution in [2.45, 2.75) is 0 Å². The Kier molecular flexibility index (Phi) is 2.36. The Morgan fingerprint density at radius 3 is 2.93 bits per heavy atom. The average Bonchev–Trinajstić information content (AvgIpc) is 2.55. The fourth-order valence-electron chi connectivity index (χ4n) is 1.33. The molecule has 0 saturated carbocycles. The van der Waals surface area contributed by atoms with Gasteiger partial charge in [-0.3, -0.25) is 4.40 Å². The minimum absolute atomic E-state index is 0.0220. The van der Waals surface area contributed by atoms with Gasteiger partial charge in [-0.15, -0.1) is 0 Å². The second-order valence-corrected chi connectivity index (χ2v) is 3.77. The predicted molar refractivity (Wildman–Crippen MR) is 56.4 cm³/mol. The van der Waals surface area contributed by atoms with Gasteiger partial charge in [-0.05, 0) is 28.1 Å². The fraction of sp³-hybridized carbons (Fsp3) is 0.111. The molecule has 0 atom stereocenters. The summed E-state index contributed by atoms with van der Waals surface area (Å²) in [5.41, 5.74) is 0.557. The monoisotopic (exact) mass is 270 g/mol. The quantitative estimate of drug-likeness (QED) is 0.904. The number of methoxy groups -OCH3 is 1. The molecule has 0 amide bonds. The lowest BCUT2D eigenvalue weighted by Gasteiger charge is -1.98. The van der Waals surface area contributed by atoms with E-state index in [4.69, 9.17) is 9.84 Å². The Bertz CT molecular complexity index is 535. The van der Waals surface area contributed by atoms with Crippen LogP contribution in [0.5, 0.6) is 5.88 Å². The maximum absolute atomic E-state index is 11.0. The highest BCUT2D eigenvalue weighted by atomic mass is 79.9. The van der Waals surface area contributed by atoms with Gasteiger partial charge < -0.3 is 9.84 Å². The first-order chi connectivity index (χ1) is 7.13. The van der Waals surface area contributed by atoms with E-state index in [0.29, 0.717) is 5.65 Å². The van der Waals surface area contributed by atoms with Crippen LogP contribution in [-0.2, 0) is 0 Å². The Hall–Kier alpha value is -1.56. The molecule has 0 radical (unpaired) electrons. The van der Waals surface area contributed by atoms with E-state index in [1.54, 1.807) is 18.3 Å². The first-order valence-electron chi connectivity index (χ1n) is 4.08. The van der Waals surface area contributed by atoms with Gasteiger partial charge in [0.1, 0.15) is 5.65 Å². The van der Waals surface area contributed by atoms with Crippen molar-refractivity contribution in [3.8, 4) is 5.88 Å². The van der Waals surface area contributed by atoms with Gasteiger partial charge in [0.05, 0.1) is 7.11 Å². The van der Waals surface area contributed by atoms with Gasteiger partial charge in [0.15, 0.2) is 5.69 Å². The maximum Gasteiger partial charge on any atom is 0.358 e. The molecular weight excluding hydrogens is 264 g/mol. The third-order valence-electron chi connectivity index (χ3n) is 1.95. The van der Waals surface area contributed by atoms with Gasteiger partial charge in [0.2, 0.25) is 5.88 Å². The molecule has 0 unspecified atom stereocenters. The summed E-state index contributed by atoms with van der Waals surface area (Å²) in [5, 5.41) is 9.02. The van der Waals surface area contributed by atoms with Crippen LogP contribution in [0.4, 0.5) is 0 Å². The number of hydrogen-bond donors (Lipinski definition) is 1. The molecule has 2 rings (SSSR count). The lowest BCUT2D eigenvalue weighted by molar-refractivity contribution is 0.0685. The number of carboxylic acid groups (broad SMARTS) is 1. The van der Waals surface area contributed by atoms with Crippen LogP contribution in [0.25, 0.3) is 5.65 Å². The van der Waals surface area contributed by atoms with Gasteiger partial charge in [-0.1, -0.05) is 0 Å². The lowest BCUT2D eigenvalue weighted by Crippen LogP contribution is -2.03. The van der Waals surface area contributed by atoms with Crippen LogP contribution in [0.3, 0.4) is 0 Å². The van der Waals surface area contributed by atoms with Crippen molar-refractivity contribution in [3.63, 3.8) is 0 Å². The van der Waals surface area contributed by atoms with E-state index in [9.17, 15) is 4.79 Å². The number of nitrogens with zero attached hydrogens (tertiary/aromatic N) is 2. The summed E-state index contributed by atoms with van der Waals surface area (Å²) in [6, 6.07) is 3.49. The van der Waals surface area contributed by atoms with Crippen molar-refractivity contribution in [2.75, 3.05) is 7.11 Å². The summed E-state index contributed by atoms with van der Waals surface area (Å²) in [4.78, 5) is 15.0. The molecule has 2 heterocycles. The second kappa shape index (κ2) is 3.54. The Morgan fingerprint density at radius 1 is 1.60 bits per heavy atom. The summed E-state index contributed by atoms with van der Waals surface area (Å²) < 4.78 is 7.14. The first kappa shape index (κ1) is 9.97. The highest BCUT2D eigenvalue weighted by Gasteiger charge is 2.19. The topological polar surface area (TPSA) is 63.8 Å². The molecule has 0 aliphatic carbocycles. The molecule has 5 nitrogen and oxygen atoms in total. The molecule has 0 aliphatic rings. The highest BCUT2D eigenvalue weighted by molar-refractivity contribution is 9.10. The van der Waals surface area contributed by atoms with Crippen molar-refractivity contribution < 1.29 is 14.6 Å². The molecule has 1 N–H and O–H groups in total. The number of pyridine rings is 1. The van der Waals surface area contributed by atoms with Gasteiger partial charge in [-0.2, -0.15) is 4.98 Å². The fourth-order valence-corrected chi connectivity index (χ4v) is 1.67. The van der Waals surface area contributed by atoms with Crippen LogP contribution in [0, 0.1) is 0 Å². The van der Waals surface area contributed by atoms with Crippen LogP contribution < -0.4 is 4.74 Å². The summed E-state index contributed by atoms with van der Waals surface area (Å²) >= 11 is 3.26. The van der Waals surface area contributed by atoms with Gasteiger partial charge >= 0.3 is 5.97 Å². The van der Waals surface area contributed by atoms with Crippen molar-refractivity contribution in [1.29, 1.82) is 0 Å². The number of ether oxygens (including phenoxy) is 1. The smallest absolute Gasteiger partial charge is 0.358 e. The Morgan fingerprint density at radius 2 is 2.33 bits per heavy atom. The van der Waals surface area contributed by atoms with Gasteiger partial charge in [0, 0.05) is 10.7 Å². The van der Waals surface area contributed by atoms with E-state index in [1.165, 1.54) is 11.5 Å². The van der Waals surface area contributed by atoms with E-state index in [-0.39, 0.29) is 11.6 Å². The lowest BCUT2D eigenvalue weighted by atomic mass is 10.4. The molecular formula is C9H7BrN2O3. The average molecular weight is 271 g/mol. The number of aromatic nitrogens is 2. The van der Waals surface area contributed by atoms with Crippen LogP contribution in [0.1, 0.15) is 10.5 Å². The summed E-state index contributed by atoms with van der Waals surface area (Å²) in [7, 11) is 1.39. The minimum Gasteiger partial charge on any atom is -0.479 e. The number of aromatic carboxylic acids is 1. The molecule has 0 fully saturated rings. The molecule has 78 valence electrons. The minimum atomic E-state index is -1.07. The molecule has 0 saturated heterocycles. The van der Waals surface area contributed by atoms with Crippen molar-refractivity contribution in [3.05, 3.63) is 28.5 Å². The van der Waals surface area contributed by atoms with Gasteiger partial charge in [-0.25, -0.2) is 4.79 Å². The SMILES string of the molecule is COc1nc2ccc(Br)cn2c1C(=O)O. The zero-order valence-electron chi connectivity index (χ0n) is 7.77. The van der Waals surface area contributed by atoms with Crippen molar-refractivity contribution in [1.82, 2.24) is 9.38 Å². The number of fused-ring (bicyclic) bond motifs is 1. The maximum atomic E-state index is 11.0. The highest BCUT2D eigenvalue weighted by Crippen LogP contribution is 2.21. The molecule has 2 aromatic heterocycles. The third kappa shape index (κ3) is 1.56. The molecule has 15 heavy (non-hydrogen) atoms. The van der Waals surface area contributed by atoms with E-state index < -0.39 is 5.97 Å². The molecule has 0 aliphatic heterocycles. The van der Waals surface area contributed by atoms with Crippen LogP contribution in [0.2, 0.25) is 0 Å². The standard InChI is InChI=1S/C9H7BrN2O3/c1-15-8-7(9(13)14)12-4-5(10)2-3-6(12)11-8/h2-4H,1H3,(H,13,14). The number of rotatable bonds is 2. The number of carboxylic acids is 1. The number of hydrogen-bond acceptors (Lipinski definition) is 3. The third-order valence-corrected chi connectivity index (χ3v) is 2.42. The summed E-state index contributed by atoms with van der Waals surface area (Å²) in [6.45, 7) is 0. The van der Waals surface area contributed by atoms with E-state index >= 15 is 0 Å². The normalized spacial score (nSPS) is 10.5. The van der Waals surface area contributed by atoms with Crippen LogP contribution >= 0.6 is 15.9 Å². The molecule has 0 spiro atoms.